The van der Waals surface area contributed by atoms with Crippen LogP contribution in [0.5, 0.6) is 0 Å². The third kappa shape index (κ3) is 6.84. The van der Waals surface area contributed by atoms with Gasteiger partial charge in [-0.25, -0.2) is 17.4 Å². The Labute approximate surface area is 255 Å². The number of amides is 2. The highest BCUT2D eigenvalue weighted by molar-refractivity contribution is 7.89. The maximum Gasteiger partial charge on any atom is 0.302 e. The number of sulfonamides is 1. The van der Waals surface area contributed by atoms with Gasteiger partial charge in [-0.15, -0.1) is 0 Å². The molecule has 2 aromatic carbocycles. The minimum atomic E-state index is -3.75. The van der Waals surface area contributed by atoms with Gasteiger partial charge in [0.1, 0.15) is 23.9 Å². The van der Waals surface area contributed by atoms with E-state index in [-0.39, 0.29) is 48.0 Å². The number of hydrogen-bond donors (Lipinski definition) is 0. The molecular formula is C31H31N5O7S. The van der Waals surface area contributed by atoms with Crippen molar-refractivity contribution >= 4 is 33.9 Å². The molecule has 228 valence electrons. The zero-order valence-corrected chi connectivity index (χ0v) is 25.5. The van der Waals surface area contributed by atoms with Crippen molar-refractivity contribution in [2.24, 2.45) is 0 Å². The number of carbonyl (C=O) groups is 3. The van der Waals surface area contributed by atoms with Crippen molar-refractivity contribution < 1.29 is 32.3 Å². The highest BCUT2D eigenvalue weighted by atomic mass is 32.2. The van der Waals surface area contributed by atoms with Gasteiger partial charge in [-0.2, -0.15) is 10.4 Å². The third-order valence-electron chi connectivity index (χ3n) is 6.77. The first kappa shape index (κ1) is 32.0. The summed E-state index contributed by atoms with van der Waals surface area (Å²) < 4.78 is 38.7. The predicted molar refractivity (Wildman–Crippen MR) is 160 cm³/mol. The van der Waals surface area contributed by atoms with Crippen LogP contribution < -0.4 is 0 Å². The second kappa shape index (κ2) is 13.6. The second-order valence-corrected chi connectivity index (χ2v) is 12.1. The summed E-state index contributed by atoms with van der Waals surface area (Å²) >= 11 is 0. The summed E-state index contributed by atoms with van der Waals surface area (Å²) in [5, 5.41) is 14.5. The molecule has 0 radical (unpaired) electrons. The van der Waals surface area contributed by atoms with E-state index in [1.165, 1.54) is 40.1 Å². The summed E-state index contributed by atoms with van der Waals surface area (Å²) in [6, 6.07) is 17.4. The summed E-state index contributed by atoms with van der Waals surface area (Å²) in [6.07, 6.45) is 3.24. The van der Waals surface area contributed by atoms with Crippen LogP contribution in [-0.2, 0) is 33.9 Å². The first-order chi connectivity index (χ1) is 20.9. The molecule has 1 aromatic heterocycles. The SMILES string of the molecule is CC(=O)OCCOCCN1C(=O)C(C#N)=C(C)/C(=C\c2cn(-c3ccccc3)nc2-c2cccc(S(=O)(=O)N(C)C)c2)C1=O. The molecule has 0 N–H and O–H groups in total. The molecule has 1 aliphatic rings. The number of aromatic nitrogens is 2. The average molecular weight is 618 g/mol. The summed E-state index contributed by atoms with van der Waals surface area (Å²) in [5.74, 6) is -1.82. The molecule has 0 bridgehead atoms. The van der Waals surface area contributed by atoms with Crippen LogP contribution in [0.2, 0.25) is 0 Å². The largest absolute Gasteiger partial charge is 0.463 e. The van der Waals surface area contributed by atoms with E-state index in [4.69, 9.17) is 14.6 Å². The fourth-order valence-electron chi connectivity index (χ4n) is 4.44. The molecule has 13 heteroatoms. The van der Waals surface area contributed by atoms with Gasteiger partial charge >= 0.3 is 5.97 Å². The average Bonchev–Trinajstić information content (AvgIpc) is 3.43. The van der Waals surface area contributed by atoms with Crippen molar-refractivity contribution in [1.82, 2.24) is 19.0 Å². The van der Waals surface area contributed by atoms with Gasteiger partial charge in [-0.3, -0.25) is 19.3 Å². The van der Waals surface area contributed by atoms with Crippen LogP contribution in [0.3, 0.4) is 0 Å². The number of nitriles is 1. The zero-order chi connectivity index (χ0) is 32.0. The highest BCUT2D eigenvalue weighted by Crippen LogP contribution is 2.32. The number of carbonyl (C=O) groups excluding carboxylic acids is 3. The Bertz CT molecular complexity index is 1800. The van der Waals surface area contributed by atoms with E-state index >= 15 is 0 Å². The molecule has 3 aromatic rings. The lowest BCUT2D eigenvalue weighted by Gasteiger charge is -2.27. The summed E-state index contributed by atoms with van der Waals surface area (Å²) in [4.78, 5) is 38.6. The highest BCUT2D eigenvalue weighted by Gasteiger charge is 2.35. The lowest BCUT2D eigenvalue weighted by Crippen LogP contribution is -2.44. The molecule has 0 saturated heterocycles. The maximum atomic E-state index is 13.7. The van der Waals surface area contributed by atoms with Gasteiger partial charge in [0.15, 0.2) is 0 Å². The Morgan fingerprint density at radius 3 is 2.43 bits per heavy atom. The molecule has 0 saturated carbocycles. The normalized spacial score (nSPS) is 14.8. The second-order valence-electron chi connectivity index (χ2n) is 9.91. The Kier molecular flexibility index (Phi) is 9.90. The van der Waals surface area contributed by atoms with Gasteiger partial charge in [0.25, 0.3) is 11.8 Å². The summed E-state index contributed by atoms with van der Waals surface area (Å²) in [7, 11) is -0.866. The van der Waals surface area contributed by atoms with Gasteiger partial charge in [0, 0.05) is 43.9 Å². The molecule has 44 heavy (non-hydrogen) atoms. The minimum absolute atomic E-state index is 0.0239. The standard InChI is InChI=1S/C31H31N5O7S/c1-21-27(30(38)35(31(39)28(21)19-32)13-14-42-15-16-43-22(2)37)18-24-20-36(25-10-6-5-7-11-25)33-29(24)23-9-8-12-26(17-23)44(40,41)34(3)4/h5-12,17-18,20H,13-16H2,1-4H3/b27-18+. The summed E-state index contributed by atoms with van der Waals surface area (Å²) in [6.45, 7) is 2.73. The Hall–Kier alpha value is -4.90. The van der Waals surface area contributed by atoms with E-state index in [0.29, 0.717) is 16.8 Å². The first-order valence-electron chi connectivity index (χ1n) is 13.5. The predicted octanol–water partition coefficient (Wildman–Crippen LogP) is 2.96. The van der Waals surface area contributed by atoms with Crippen LogP contribution >= 0.6 is 0 Å². The van der Waals surface area contributed by atoms with Crippen LogP contribution in [0, 0.1) is 11.3 Å². The van der Waals surface area contributed by atoms with E-state index in [1.807, 2.05) is 36.4 Å². The topological polar surface area (TPSA) is 152 Å². The molecule has 0 atom stereocenters. The van der Waals surface area contributed by atoms with Gasteiger partial charge in [0.2, 0.25) is 10.0 Å². The van der Waals surface area contributed by atoms with Crippen molar-refractivity contribution in [2.45, 2.75) is 18.7 Å². The number of imide groups is 1. The molecule has 0 spiro atoms. The van der Waals surface area contributed by atoms with E-state index in [2.05, 4.69) is 0 Å². The van der Waals surface area contributed by atoms with E-state index in [0.717, 1.165) is 14.9 Å². The number of esters is 1. The van der Waals surface area contributed by atoms with Crippen LogP contribution in [0.25, 0.3) is 23.0 Å². The van der Waals surface area contributed by atoms with Crippen molar-refractivity contribution in [1.29, 1.82) is 5.26 Å². The van der Waals surface area contributed by atoms with E-state index in [1.54, 1.807) is 29.1 Å². The molecule has 4 rings (SSSR count). The Balaban J connectivity index is 1.78. The Morgan fingerprint density at radius 2 is 1.77 bits per heavy atom. The summed E-state index contributed by atoms with van der Waals surface area (Å²) in [5.41, 5.74) is 2.16. The number of para-hydroxylation sites is 1. The Morgan fingerprint density at radius 1 is 1.05 bits per heavy atom. The van der Waals surface area contributed by atoms with Gasteiger partial charge in [-0.1, -0.05) is 30.3 Å². The lowest BCUT2D eigenvalue weighted by atomic mass is 9.93. The number of benzene rings is 2. The van der Waals surface area contributed by atoms with Gasteiger partial charge in [-0.05, 0) is 42.8 Å². The fraction of sp³-hybridized carbons (Fsp3) is 0.258. The first-order valence-corrected chi connectivity index (χ1v) is 15.0. The molecule has 2 amide bonds. The van der Waals surface area contributed by atoms with Crippen LogP contribution in [0.4, 0.5) is 0 Å². The third-order valence-corrected chi connectivity index (χ3v) is 8.58. The fourth-order valence-corrected chi connectivity index (χ4v) is 5.38. The zero-order valence-electron chi connectivity index (χ0n) is 24.7. The molecule has 0 fully saturated rings. The van der Waals surface area contributed by atoms with Crippen LogP contribution in [-0.4, -0.2) is 85.6 Å². The maximum absolute atomic E-state index is 13.7. The quantitative estimate of drug-likeness (QED) is 0.137. The molecular weight excluding hydrogens is 586 g/mol. The van der Waals surface area contributed by atoms with Gasteiger partial charge in [0.05, 0.1) is 30.3 Å². The smallest absolute Gasteiger partial charge is 0.302 e. The monoisotopic (exact) mass is 617 g/mol. The number of rotatable bonds is 11. The van der Waals surface area contributed by atoms with Crippen LogP contribution in [0.1, 0.15) is 19.4 Å². The van der Waals surface area contributed by atoms with E-state index in [9.17, 15) is 28.1 Å². The molecule has 0 unspecified atom stereocenters. The van der Waals surface area contributed by atoms with Gasteiger partial charge < -0.3 is 9.47 Å². The minimum Gasteiger partial charge on any atom is -0.463 e. The molecule has 2 heterocycles. The van der Waals surface area contributed by atoms with Crippen LogP contribution in [0.15, 0.2) is 82.4 Å². The van der Waals surface area contributed by atoms with Crippen molar-refractivity contribution in [2.75, 3.05) is 40.5 Å². The molecule has 12 nitrogen and oxygen atoms in total. The van der Waals surface area contributed by atoms with Crippen molar-refractivity contribution in [3.8, 4) is 23.0 Å². The number of ether oxygens (including phenoxy) is 2. The van der Waals surface area contributed by atoms with Crippen molar-refractivity contribution in [3.63, 3.8) is 0 Å². The van der Waals surface area contributed by atoms with E-state index < -0.39 is 27.8 Å². The number of nitrogens with zero attached hydrogens (tertiary/aromatic N) is 5. The lowest BCUT2D eigenvalue weighted by molar-refractivity contribution is -0.142. The molecule has 0 aliphatic carbocycles. The molecule has 1 aliphatic heterocycles. The van der Waals surface area contributed by atoms with Crippen molar-refractivity contribution in [3.05, 3.63) is 83.1 Å². The number of hydrogen-bond acceptors (Lipinski definition) is 9.